The fraction of sp³-hybridized carbons (Fsp3) is 0.800. The Labute approximate surface area is 112 Å². The predicted molar refractivity (Wildman–Crippen MR) is 77.7 cm³/mol. The molecule has 0 saturated carbocycles. The van der Waals surface area contributed by atoms with Crippen molar-refractivity contribution in [2.45, 2.75) is 66.5 Å². The molecule has 1 rings (SSSR count). The molecule has 1 unspecified atom stereocenters. The van der Waals surface area contributed by atoms with Gasteiger partial charge in [-0.15, -0.1) is 0 Å². The molecule has 1 heterocycles. The number of hydrogen-bond acceptors (Lipinski definition) is 2. The minimum atomic E-state index is 0.385. The van der Waals surface area contributed by atoms with E-state index in [4.69, 9.17) is 0 Å². The summed E-state index contributed by atoms with van der Waals surface area (Å²) >= 11 is 0. The van der Waals surface area contributed by atoms with Gasteiger partial charge >= 0.3 is 0 Å². The van der Waals surface area contributed by atoms with Gasteiger partial charge in [0.1, 0.15) is 0 Å². The summed E-state index contributed by atoms with van der Waals surface area (Å²) in [4.78, 5) is 0. The Morgan fingerprint density at radius 1 is 1.33 bits per heavy atom. The monoisotopic (exact) mass is 251 g/mol. The first kappa shape index (κ1) is 15.2. The first-order chi connectivity index (χ1) is 8.35. The summed E-state index contributed by atoms with van der Waals surface area (Å²) in [5, 5.41) is 8.03. The van der Waals surface area contributed by atoms with Crippen LogP contribution in [0.25, 0.3) is 0 Å². The molecule has 1 aromatic rings. The first-order valence-electron chi connectivity index (χ1n) is 7.12. The lowest BCUT2D eigenvalue weighted by Crippen LogP contribution is -2.25. The van der Waals surface area contributed by atoms with E-state index in [0.717, 1.165) is 13.0 Å². The lowest BCUT2D eigenvalue weighted by molar-refractivity contribution is 0.324. The minimum Gasteiger partial charge on any atom is -0.309 e. The molecular formula is C15H29N3. The molecule has 1 N–H and O–H groups in total. The van der Waals surface area contributed by atoms with Crippen LogP contribution >= 0.6 is 0 Å². The zero-order chi connectivity index (χ0) is 13.8. The van der Waals surface area contributed by atoms with Gasteiger partial charge in [0.05, 0.1) is 5.69 Å². The van der Waals surface area contributed by atoms with Gasteiger partial charge in [-0.3, -0.25) is 4.68 Å². The molecule has 0 saturated heterocycles. The third-order valence-corrected chi connectivity index (χ3v) is 3.18. The molecule has 0 radical (unpaired) electrons. The van der Waals surface area contributed by atoms with E-state index in [1.807, 2.05) is 6.20 Å². The van der Waals surface area contributed by atoms with Crippen LogP contribution in [0.1, 0.15) is 72.2 Å². The number of nitrogens with zero attached hydrogens (tertiary/aromatic N) is 2. The maximum atomic E-state index is 4.44. The van der Waals surface area contributed by atoms with Crippen LogP contribution < -0.4 is 5.32 Å². The second-order valence-corrected chi connectivity index (χ2v) is 6.50. The maximum Gasteiger partial charge on any atom is 0.0556 e. The third kappa shape index (κ3) is 4.45. The Hall–Kier alpha value is -0.830. The number of aromatic nitrogens is 2. The third-order valence-electron chi connectivity index (χ3n) is 3.18. The van der Waals surface area contributed by atoms with Crippen molar-refractivity contribution >= 4 is 0 Å². The van der Waals surface area contributed by atoms with Crippen molar-refractivity contribution in [2.24, 2.45) is 5.41 Å². The minimum absolute atomic E-state index is 0.385. The van der Waals surface area contributed by atoms with E-state index in [-0.39, 0.29) is 0 Å². The largest absolute Gasteiger partial charge is 0.309 e. The maximum absolute atomic E-state index is 4.44. The molecule has 0 fully saturated rings. The highest BCUT2D eigenvalue weighted by atomic mass is 15.3. The Morgan fingerprint density at radius 3 is 2.50 bits per heavy atom. The van der Waals surface area contributed by atoms with Crippen molar-refractivity contribution in [3.63, 3.8) is 0 Å². The normalized spacial score (nSPS) is 14.2. The van der Waals surface area contributed by atoms with Crippen LogP contribution in [0.3, 0.4) is 0 Å². The molecule has 0 aliphatic carbocycles. The molecule has 3 heteroatoms. The Bertz CT molecular complexity index is 347. The SMILES string of the molecule is CCNC(CCC(C)(C)C)c1ccnn1C(C)C. The van der Waals surface area contributed by atoms with Crippen molar-refractivity contribution in [2.75, 3.05) is 6.54 Å². The van der Waals surface area contributed by atoms with Crippen LogP contribution in [0, 0.1) is 5.41 Å². The van der Waals surface area contributed by atoms with Gasteiger partial charge in [-0.2, -0.15) is 5.10 Å². The van der Waals surface area contributed by atoms with Gasteiger partial charge in [-0.1, -0.05) is 27.7 Å². The summed E-state index contributed by atoms with van der Waals surface area (Å²) in [6.45, 7) is 14.4. The van der Waals surface area contributed by atoms with Crippen LogP contribution in [0.4, 0.5) is 0 Å². The predicted octanol–water partition coefficient (Wildman–Crippen LogP) is 3.94. The van der Waals surface area contributed by atoms with Crippen LogP contribution in [0.2, 0.25) is 0 Å². The summed E-state index contributed by atoms with van der Waals surface area (Å²) in [5.74, 6) is 0. The van der Waals surface area contributed by atoms with Crippen molar-refractivity contribution < 1.29 is 0 Å². The molecule has 0 amide bonds. The fourth-order valence-electron chi connectivity index (χ4n) is 2.21. The Balaban J connectivity index is 2.80. The zero-order valence-electron chi connectivity index (χ0n) is 12.8. The van der Waals surface area contributed by atoms with Crippen molar-refractivity contribution in [1.82, 2.24) is 15.1 Å². The summed E-state index contributed by atoms with van der Waals surface area (Å²) in [6.07, 6.45) is 4.29. The van der Waals surface area contributed by atoms with Crippen LogP contribution in [-0.4, -0.2) is 16.3 Å². The van der Waals surface area contributed by atoms with E-state index < -0.39 is 0 Å². The highest BCUT2D eigenvalue weighted by molar-refractivity contribution is 5.08. The van der Waals surface area contributed by atoms with Crippen molar-refractivity contribution in [1.29, 1.82) is 0 Å². The fourth-order valence-corrected chi connectivity index (χ4v) is 2.21. The number of nitrogens with one attached hydrogen (secondary N) is 1. The highest BCUT2D eigenvalue weighted by Gasteiger charge is 2.19. The lowest BCUT2D eigenvalue weighted by Gasteiger charge is -2.25. The van der Waals surface area contributed by atoms with E-state index in [0.29, 0.717) is 17.5 Å². The molecule has 18 heavy (non-hydrogen) atoms. The van der Waals surface area contributed by atoms with Crippen LogP contribution in [0.5, 0.6) is 0 Å². The summed E-state index contributed by atoms with van der Waals surface area (Å²) in [7, 11) is 0. The molecule has 104 valence electrons. The summed E-state index contributed by atoms with van der Waals surface area (Å²) in [5.41, 5.74) is 1.70. The average molecular weight is 251 g/mol. The molecule has 0 aromatic carbocycles. The second-order valence-electron chi connectivity index (χ2n) is 6.50. The van der Waals surface area contributed by atoms with Gasteiger partial charge in [0.25, 0.3) is 0 Å². The van der Waals surface area contributed by atoms with Gasteiger partial charge in [0.2, 0.25) is 0 Å². The molecule has 0 bridgehead atoms. The van der Waals surface area contributed by atoms with E-state index in [9.17, 15) is 0 Å². The van der Waals surface area contributed by atoms with Gasteiger partial charge < -0.3 is 5.32 Å². The van der Waals surface area contributed by atoms with E-state index in [2.05, 4.69) is 62.7 Å². The summed E-state index contributed by atoms with van der Waals surface area (Å²) in [6, 6.07) is 2.99. The van der Waals surface area contributed by atoms with E-state index in [1.165, 1.54) is 12.1 Å². The first-order valence-corrected chi connectivity index (χ1v) is 7.12. The van der Waals surface area contributed by atoms with Crippen LogP contribution in [-0.2, 0) is 0 Å². The number of rotatable bonds is 6. The molecular weight excluding hydrogens is 222 g/mol. The van der Waals surface area contributed by atoms with Gasteiger partial charge in [0, 0.05) is 18.3 Å². The second kappa shape index (κ2) is 6.37. The molecule has 1 aromatic heterocycles. The highest BCUT2D eigenvalue weighted by Crippen LogP contribution is 2.28. The summed E-state index contributed by atoms with van der Waals surface area (Å²) < 4.78 is 2.13. The van der Waals surface area contributed by atoms with Crippen molar-refractivity contribution in [3.05, 3.63) is 18.0 Å². The average Bonchev–Trinajstić information content (AvgIpc) is 2.71. The quantitative estimate of drug-likeness (QED) is 0.830. The van der Waals surface area contributed by atoms with Crippen LogP contribution in [0.15, 0.2) is 12.3 Å². The topological polar surface area (TPSA) is 29.9 Å². The molecule has 0 spiro atoms. The Kier molecular flexibility index (Phi) is 5.39. The van der Waals surface area contributed by atoms with E-state index in [1.54, 1.807) is 0 Å². The van der Waals surface area contributed by atoms with Gasteiger partial charge in [-0.05, 0) is 44.7 Å². The Morgan fingerprint density at radius 2 is 2.00 bits per heavy atom. The molecule has 1 atom stereocenters. The van der Waals surface area contributed by atoms with Crippen molar-refractivity contribution in [3.8, 4) is 0 Å². The number of hydrogen-bond donors (Lipinski definition) is 1. The van der Waals surface area contributed by atoms with E-state index >= 15 is 0 Å². The zero-order valence-corrected chi connectivity index (χ0v) is 12.8. The smallest absolute Gasteiger partial charge is 0.0556 e. The molecule has 0 aliphatic heterocycles. The standard InChI is InChI=1S/C15H29N3/c1-7-16-13(8-10-15(4,5)6)14-9-11-17-18(14)12(2)3/h9,11-13,16H,7-8,10H2,1-6H3. The molecule has 0 aliphatic rings. The van der Waals surface area contributed by atoms with Gasteiger partial charge in [-0.25, -0.2) is 0 Å². The van der Waals surface area contributed by atoms with Gasteiger partial charge in [0.15, 0.2) is 0 Å². The lowest BCUT2D eigenvalue weighted by atomic mass is 9.88. The molecule has 3 nitrogen and oxygen atoms in total.